The van der Waals surface area contributed by atoms with Crippen LogP contribution in [0.4, 0.5) is 5.69 Å². The van der Waals surface area contributed by atoms with E-state index in [1.807, 2.05) is 6.07 Å². The van der Waals surface area contributed by atoms with Gasteiger partial charge in [0.15, 0.2) is 0 Å². The summed E-state index contributed by atoms with van der Waals surface area (Å²) in [6.45, 7) is 0. The minimum Gasteiger partial charge on any atom is -0.399 e. The van der Waals surface area contributed by atoms with Crippen molar-refractivity contribution >= 4 is 5.69 Å². The van der Waals surface area contributed by atoms with Crippen molar-refractivity contribution in [1.29, 1.82) is 0 Å². The van der Waals surface area contributed by atoms with Crippen molar-refractivity contribution in [2.75, 3.05) is 5.73 Å². The average molecular weight is 157 g/mol. The van der Waals surface area contributed by atoms with Crippen LogP contribution >= 0.6 is 0 Å². The fourth-order valence-electron chi connectivity index (χ4n) is 2.41. The molecule has 0 saturated carbocycles. The summed E-state index contributed by atoms with van der Waals surface area (Å²) >= 11 is 0. The summed E-state index contributed by atoms with van der Waals surface area (Å²) in [5.74, 6) is 1.35. The minimum atomic E-state index is 0.661. The number of anilines is 1. The van der Waals surface area contributed by atoms with Gasteiger partial charge >= 0.3 is 0 Å². The Hall–Kier alpha value is -1.24. The molecule has 2 aliphatic rings. The highest BCUT2D eigenvalue weighted by Crippen LogP contribution is 2.48. The van der Waals surface area contributed by atoms with Crippen LogP contribution in [0.3, 0.4) is 0 Å². The molecule has 0 saturated heterocycles. The second-order valence-electron chi connectivity index (χ2n) is 3.72. The molecular formula is C11H11N. The summed E-state index contributed by atoms with van der Waals surface area (Å²) < 4.78 is 0. The van der Waals surface area contributed by atoms with Gasteiger partial charge in [0.2, 0.25) is 0 Å². The first-order valence-corrected chi connectivity index (χ1v) is 4.42. The molecule has 0 unspecified atom stereocenters. The fourth-order valence-corrected chi connectivity index (χ4v) is 2.41. The number of rotatable bonds is 0. The van der Waals surface area contributed by atoms with E-state index >= 15 is 0 Å². The van der Waals surface area contributed by atoms with Crippen molar-refractivity contribution in [3.63, 3.8) is 0 Å². The number of fused-ring (bicyclic) bond motifs is 5. The van der Waals surface area contributed by atoms with Gasteiger partial charge in [-0.3, -0.25) is 0 Å². The van der Waals surface area contributed by atoms with Gasteiger partial charge in [-0.15, -0.1) is 0 Å². The Kier molecular flexibility index (Phi) is 1.01. The summed E-state index contributed by atoms with van der Waals surface area (Å²) in [6, 6.07) is 6.32. The second-order valence-corrected chi connectivity index (χ2v) is 3.72. The molecule has 1 heteroatoms. The van der Waals surface area contributed by atoms with Crippen LogP contribution in [0, 0.1) is 0 Å². The normalized spacial score (nSPS) is 29.3. The van der Waals surface area contributed by atoms with E-state index in [0.29, 0.717) is 11.8 Å². The third kappa shape index (κ3) is 0.638. The lowest BCUT2D eigenvalue weighted by molar-refractivity contribution is 0.804. The molecular weight excluding hydrogens is 146 g/mol. The highest BCUT2D eigenvalue weighted by Gasteiger charge is 2.32. The smallest absolute Gasteiger partial charge is 0.0317 e. The van der Waals surface area contributed by atoms with Gasteiger partial charge in [0, 0.05) is 17.5 Å². The van der Waals surface area contributed by atoms with Gasteiger partial charge in [0.1, 0.15) is 0 Å². The average Bonchev–Trinajstić information content (AvgIpc) is 2.63. The molecule has 3 rings (SSSR count). The minimum absolute atomic E-state index is 0.661. The lowest BCUT2D eigenvalue weighted by Crippen LogP contribution is -1.94. The van der Waals surface area contributed by atoms with Crippen LogP contribution in [-0.2, 0) is 0 Å². The topological polar surface area (TPSA) is 26.0 Å². The number of nitrogens with two attached hydrogens (primary N) is 1. The largest absolute Gasteiger partial charge is 0.399 e. The van der Waals surface area contributed by atoms with E-state index in [0.717, 1.165) is 5.69 Å². The Morgan fingerprint density at radius 1 is 1.08 bits per heavy atom. The van der Waals surface area contributed by atoms with E-state index in [2.05, 4.69) is 24.3 Å². The molecule has 0 spiro atoms. The quantitative estimate of drug-likeness (QED) is 0.454. The predicted octanol–water partition coefficient (Wildman–Crippen LogP) is 2.41. The SMILES string of the molecule is Nc1ccc2c(c1)[C@H]1C=C[C@@H]2C1. The first-order chi connectivity index (χ1) is 5.84. The van der Waals surface area contributed by atoms with E-state index in [9.17, 15) is 0 Å². The molecule has 2 atom stereocenters. The van der Waals surface area contributed by atoms with Crippen molar-refractivity contribution < 1.29 is 0 Å². The maximum Gasteiger partial charge on any atom is 0.0317 e. The van der Waals surface area contributed by atoms with Crippen LogP contribution in [0.5, 0.6) is 0 Å². The number of nitrogen functional groups attached to an aromatic ring is 1. The van der Waals surface area contributed by atoms with Gasteiger partial charge in [-0.25, -0.2) is 0 Å². The zero-order valence-electron chi connectivity index (χ0n) is 6.83. The predicted molar refractivity (Wildman–Crippen MR) is 50.1 cm³/mol. The highest BCUT2D eigenvalue weighted by molar-refractivity contribution is 5.54. The van der Waals surface area contributed by atoms with Crippen molar-refractivity contribution in [2.45, 2.75) is 18.3 Å². The van der Waals surface area contributed by atoms with E-state index in [1.54, 1.807) is 0 Å². The Morgan fingerprint density at radius 3 is 2.67 bits per heavy atom. The zero-order valence-corrected chi connectivity index (χ0v) is 6.83. The summed E-state index contributed by atoms with van der Waals surface area (Å²) in [6.07, 6.45) is 5.91. The Labute approximate surface area is 71.9 Å². The van der Waals surface area contributed by atoms with Crippen LogP contribution in [-0.4, -0.2) is 0 Å². The van der Waals surface area contributed by atoms with Gasteiger partial charge in [0.25, 0.3) is 0 Å². The lowest BCUT2D eigenvalue weighted by Gasteiger charge is -2.09. The van der Waals surface area contributed by atoms with Crippen molar-refractivity contribution in [1.82, 2.24) is 0 Å². The van der Waals surface area contributed by atoms with Gasteiger partial charge in [-0.1, -0.05) is 18.2 Å². The summed E-state index contributed by atoms with van der Waals surface area (Å²) in [4.78, 5) is 0. The third-order valence-electron chi connectivity index (χ3n) is 2.99. The highest BCUT2D eigenvalue weighted by atomic mass is 14.5. The van der Waals surface area contributed by atoms with Gasteiger partial charge in [0.05, 0.1) is 0 Å². The first kappa shape index (κ1) is 6.30. The molecule has 60 valence electrons. The van der Waals surface area contributed by atoms with E-state index < -0.39 is 0 Å². The van der Waals surface area contributed by atoms with Crippen LogP contribution in [0.2, 0.25) is 0 Å². The van der Waals surface area contributed by atoms with Crippen LogP contribution < -0.4 is 5.73 Å². The van der Waals surface area contributed by atoms with Crippen molar-refractivity contribution in [3.05, 3.63) is 41.5 Å². The second kappa shape index (κ2) is 1.92. The molecule has 0 radical (unpaired) electrons. The molecule has 0 heterocycles. The molecule has 12 heavy (non-hydrogen) atoms. The molecule has 0 aliphatic heterocycles. The fraction of sp³-hybridized carbons (Fsp3) is 0.273. The van der Waals surface area contributed by atoms with Gasteiger partial charge in [-0.05, 0) is 29.7 Å². The summed E-state index contributed by atoms with van der Waals surface area (Å²) in [5, 5.41) is 0. The van der Waals surface area contributed by atoms with Gasteiger partial charge < -0.3 is 5.73 Å². The Morgan fingerprint density at radius 2 is 1.83 bits per heavy atom. The monoisotopic (exact) mass is 157 g/mol. The molecule has 1 aromatic carbocycles. The van der Waals surface area contributed by atoms with Crippen LogP contribution in [0.1, 0.15) is 29.4 Å². The first-order valence-electron chi connectivity index (χ1n) is 4.42. The standard InChI is InChI=1S/C11H11N/c12-9-3-4-10-7-1-2-8(5-7)11(10)6-9/h1-4,6-8H,5,12H2/t7-,8+/m1/s1. The number of benzene rings is 1. The molecule has 2 bridgehead atoms. The third-order valence-corrected chi connectivity index (χ3v) is 2.99. The molecule has 1 nitrogen and oxygen atoms in total. The number of hydrogen-bond donors (Lipinski definition) is 1. The summed E-state index contributed by atoms with van der Waals surface area (Å²) in [5.41, 5.74) is 9.59. The molecule has 0 fully saturated rings. The molecule has 0 aromatic heterocycles. The molecule has 1 aromatic rings. The van der Waals surface area contributed by atoms with Crippen LogP contribution in [0.15, 0.2) is 30.4 Å². The van der Waals surface area contributed by atoms with Crippen LogP contribution in [0.25, 0.3) is 0 Å². The summed E-state index contributed by atoms with van der Waals surface area (Å²) in [7, 11) is 0. The van der Waals surface area contributed by atoms with Gasteiger partial charge in [-0.2, -0.15) is 0 Å². The number of hydrogen-bond acceptors (Lipinski definition) is 1. The maximum atomic E-state index is 5.74. The number of allylic oxidation sites excluding steroid dienone is 2. The van der Waals surface area contributed by atoms with E-state index in [1.165, 1.54) is 17.5 Å². The zero-order chi connectivity index (χ0) is 8.13. The Bertz CT molecular complexity index is 365. The Balaban J connectivity index is 2.24. The van der Waals surface area contributed by atoms with Crippen molar-refractivity contribution in [2.24, 2.45) is 0 Å². The molecule has 2 N–H and O–H groups in total. The lowest BCUT2D eigenvalue weighted by atomic mass is 9.96. The van der Waals surface area contributed by atoms with Crippen molar-refractivity contribution in [3.8, 4) is 0 Å². The molecule has 0 amide bonds. The van der Waals surface area contributed by atoms with E-state index in [4.69, 9.17) is 5.73 Å². The maximum absolute atomic E-state index is 5.74. The molecule has 2 aliphatic carbocycles. The van der Waals surface area contributed by atoms with E-state index in [-0.39, 0.29) is 0 Å².